The maximum absolute atomic E-state index is 13.5. The topological polar surface area (TPSA) is 12.0 Å². The molecule has 1 atom stereocenters. The van der Waals surface area contributed by atoms with E-state index in [9.17, 15) is 4.39 Å². The van der Waals surface area contributed by atoms with Crippen molar-refractivity contribution in [3.63, 3.8) is 0 Å². The number of aryl methyl sites for hydroxylation is 1. The number of likely N-dealkylation sites (N-methyl/N-ethyl adjacent to an activating group) is 1. The fourth-order valence-electron chi connectivity index (χ4n) is 2.47. The van der Waals surface area contributed by atoms with Gasteiger partial charge in [0.15, 0.2) is 0 Å². The third-order valence-corrected chi connectivity index (χ3v) is 4.45. The molecule has 0 saturated heterocycles. The van der Waals surface area contributed by atoms with Gasteiger partial charge < -0.3 is 5.32 Å². The van der Waals surface area contributed by atoms with Crippen LogP contribution in [-0.4, -0.2) is 12.8 Å². The highest BCUT2D eigenvalue weighted by atomic mass is 32.2. The summed E-state index contributed by atoms with van der Waals surface area (Å²) in [4.78, 5) is 1.26. The number of thioether (sulfide) groups is 1. The molecule has 0 aromatic heterocycles. The van der Waals surface area contributed by atoms with Gasteiger partial charge in [0, 0.05) is 10.9 Å². The Balaban J connectivity index is 2.23. The van der Waals surface area contributed by atoms with E-state index < -0.39 is 0 Å². The van der Waals surface area contributed by atoms with Crippen molar-refractivity contribution >= 4 is 11.8 Å². The lowest BCUT2D eigenvalue weighted by Crippen LogP contribution is -2.23. The zero-order valence-corrected chi connectivity index (χ0v) is 13.6. The molecule has 1 unspecified atom stereocenters. The Morgan fingerprint density at radius 1 is 1.14 bits per heavy atom. The molecule has 112 valence electrons. The summed E-state index contributed by atoms with van der Waals surface area (Å²) in [6, 6.07) is 13.8. The first-order chi connectivity index (χ1) is 10.1. The number of hydrogen-bond acceptors (Lipinski definition) is 2. The first-order valence-electron chi connectivity index (χ1n) is 7.26. The number of halogens is 1. The lowest BCUT2D eigenvalue weighted by molar-refractivity contribution is 0.545. The van der Waals surface area contributed by atoms with Crippen LogP contribution in [0.15, 0.2) is 47.4 Å². The summed E-state index contributed by atoms with van der Waals surface area (Å²) in [5.74, 6) is -0.163. The van der Waals surface area contributed by atoms with Gasteiger partial charge >= 0.3 is 0 Å². The average molecular weight is 303 g/mol. The molecule has 2 aromatic rings. The standard InChI is InChI=1S/C18H22FNS/c1-4-20-18(14-6-9-17(21-3)10-7-14)12-15-11-16(19)8-5-13(15)2/h5-11,18,20H,4,12H2,1-3H3. The summed E-state index contributed by atoms with van der Waals surface area (Å²) >= 11 is 1.74. The minimum atomic E-state index is -0.163. The Labute approximate surface area is 131 Å². The van der Waals surface area contributed by atoms with Gasteiger partial charge in [-0.2, -0.15) is 0 Å². The van der Waals surface area contributed by atoms with Gasteiger partial charge in [-0.25, -0.2) is 4.39 Å². The van der Waals surface area contributed by atoms with Gasteiger partial charge in [0.1, 0.15) is 5.82 Å². The third-order valence-electron chi connectivity index (χ3n) is 3.70. The van der Waals surface area contributed by atoms with Crippen LogP contribution in [0, 0.1) is 12.7 Å². The van der Waals surface area contributed by atoms with Crippen LogP contribution in [0.5, 0.6) is 0 Å². The van der Waals surface area contributed by atoms with Crippen LogP contribution in [0.4, 0.5) is 4.39 Å². The first-order valence-corrected chi connectivity index (χ1v) is 8.49. The molecule has 3 heteroatoms. The van der Waals surface area contributed by atoms with Crippen molar-refractivity contribution < 1.29 is 4.39 Å². The molecular formula is C18H22FNS. The van der Waals surface area contributed by atoms with E-state index in [1.165, 1.54) is 16.5 Å². The molecule has 21 heavy (non-hydrogen) atoms. The van der Waals surface area contributed by atoms with E-state index in [-0.39, 0.29) is 11.9 Å². The van der Waals surface area contributed by atoms with E-state index in [1.54, 1.807) is 17.8 Å². The summed E-state index contributed by atoms with van der Waals surface area (Å²) in [5.41, 5.74) is 3.45. The summed E-state index contributed by atoms with van der Waals surface area (Å²) in [6.45, 7) is 5.03. The molecular weight excluding hydrogens is 281 g/mol. The Morgan fingerprint density at radius 2 is 1.86 bits per heavy atom. The van der Waals surface area contributed by atoms with Gasteiger partial charge in [0.25, 0.3) is 0 Å². The highest BCUT2D eigenvalue weighted by Gasteiger charge is 2.13. The minimum Gasteiger partial charge on any atom is -0.310 e. The molecule has 2 rings (SSSR count). The second kappa shape index (κ2) is 7.62. The average Bonchev–Trinajstić information content (AvgIpc) is 2.50. The number of nitrogens with one attached hydrogen (secondary N) is 1. The molecule has 0 spiro atoms. The SMILES string of the molecule is CCNC(Cc1cc(F)ccc1C)c1ccc(SC)cc1. The molecule has 0 saturated carbocycles. The summed E-state index contributed by atoms with van der Waals surface area (Å²) < 4.78 is 13.5. The Kier molecular flexibility index (Phi) is 5.83. The van der Waals surface area contributed by atoms with E-state index >= 15 is 0 Å². The van der Waals surface area contributed by atoms with Crippen molar-refractivity contribution in [2.45, 2.75) is 31.2 Å². The van der Waals surface area contributed by atoms with E-state index in [0.717, 1.165) is 24.1 Å². The molecule has 0 amide bonds. The first kappa shape index (κ1) is 16.1. The molecule has 0 radical (unpaired) electrons. The Morgan fingerprint density at radius 3 is 2.48 bits per heavy atom. The van der Waals surface area contributed by atoms with Crippen molar-refractivity contribution in [2.75, 3.05) is 12.8 Å². The summed E-state index contributed by atoms with van der Waals surface area (Å²) in [6.07, 6.45) is 2.88. The zero-order chi connectivity index (χ0) is 15.2. The second-order valence-corrected chi connectivity index (χ2v) is 6.04. The minimum absolute atomic E-state index is 0.163. The summed E-state index contributed by atoms with van der Waals surface area (Å²) in [5, 5.41) is 3.50. The molecule has 0 aliphatic carbocycles. The van der Waals surface area contributed by atoms with Crippen molar-refractivity contribution in [3.05, 3.63) is 65.0 Å². The van der Waals surface area contributed by atoms with Crippen LogP contribution < -0.4 is 5.32 Å². The molecule has 1 N–H and O–H groups in total. The molecule has 2 aromatic carbocycles. The van der Waals surface area contributed by atoms with Crippen LogP contribution in [0.1, 0.15) is 29.7 Å². The van der Waals surface area contributed by atoms with E-state index in [2.05, 4.69) is 42.8 Å². The Bertz CT molecular complexity index is 580. The highest BCUT2D eigenvalue weighted by Crippen LogP contribution is 2.23. The van der Waals surface area contributed by atoms with Gasteiger partial charge in [-0.1, -0.05) is 25.1 Å². The van der Waals surface area contributed by atoms with Crippen molar-refractivity contribution in [2.24, 2.45) is 0 Å². The smallest absolute Gasteiger partial charge is 0.123 e. The highest BCUT2D eigenvalue weighted by molar-refractivity contribution is 7.98. The van der Waals surface area contributed by atoms with Gasteiger partial charge in [0.05, 0.1) is 0 Å². The van der Waals surface area contributed by atoms with Crippen LogP contribution in [0.3, 0.4) is 0 Å². The molecule has 1 nitrogen and oxygen atoms in total. The van der Waals surface area contributed by atoms with Crippen molar-refractivity contribution in [3.8, 4) is 0 Å². The third kappa shape index (κ3) is 4.32. The lowest BCUT2D eigenvalue weighted by Gasteiger charge is -2.20. The van der Waals surface area contributed by atoms with Crippen LogP contribution >= 0.6 is 11.8 Å². The molecule has 0 fully saturated rings. The molecule has 0 bridgehead atoms. The fourth-order valence-corrected chi connectivity index (χ4v) is 2.88. The maximum atomic E-state index is 13.5. The monoisotopic (exact) mass is 303 g/mol. The van der Waals surface area contributed by atoms with Gasteiger partial charge in [-0.15, -0.1) is 11.8 Å². The fraction of sp³-hybridized carbons (Fsp3) is 0.333. The Hall–Kier alpha value is -1.32. The molecule has 0 aliphatic rings. The maximum Gasteiger partial charge on any atom is 0.123 e. The summed E-state index contributed by atoms with van der Waals surface area (Å²) in [7, 11) is 0. The van der Waals surface area contributed by atoms with Crippen molar-refractivity contribution in [1.82, 2.24) is 5.32 Å². The quantitative estimate of drug-likeness (QED) is 0.773. The van der Waals surface area contributed by atoms with Gasteiger partial charge in [-0.3, -0.25) is 0 Å². The predicted molar refractivity (Wildman–Crippen MR) is 89.5 cm³/mol. The molecule has 0 aliphatic heterocycles. The van der Waals surface area contributed by atoms with E-state index in [1.807, 2.05) is 13.0 Å². The largest absolute Gasteiger partial charge is 0.310 e. The number of rotatable bonds is 6. The zero-order valence-electron chi connectivity index (χ0n) is 12.8. The second-order valence-electron chi connectivity index (χ2n) is 5.16. The van der Waals surface area contributed by atoms with Gasteiger partial charge in [0.2, 0.25) is 0 Å². The number of hydrogen-bond donors (Lipinski definition) is 1. The van der Waals surface area contributed by atoms with E-state index in [0.29, 0.717) is 0 Å². The molecule has 0 heterocycles. The van der Waals surface area contributed by atoms with Crippen LogP contribution in [0.2, 0.25) is 0 Å². The van der Waals surface area contributed by atoms with Crippen molar-refractivity contribution in [1.29, 1.82) is 0 Å². The normalized spacial score (nSPS) is 12.4. The number of benzene rings is 2. The van der Waals surface area contributed by atoms with E-state index in [4.69, 9.17) is 0 Å². The lowest BCUT2D eigenvalue weighted by atomic mass is 9.96. The predicted octanol–water partition coefficient (Wildman–Crippen LogP) is 4.75. The van der Waals surface area contributed by atoms with Crippen LogP contribution in [-0.2, 0) is 6.42 Å². The van der Waals surface area contributed by atoms with Crippen LogP contribution in [0.25, 0.3) is 0 Å². The van der Waals surface area contributed by atoms with Gasteiger partial charge in [-0.05, 0) is 67.1 Å².